The van der Waals surface area contributed by atoms with Crippen molar-refractivity contribution in [2.45, 2.75) is 0 Å². The Balaban J connectivity index is 2.79. The standard InChI is InChI=1S/C7H9N3O/c1-10-4-2-3-6(5-10)9-7(8)11/h2-5H,1H3,(H2-,8,9,11)/p+1. The first-order valence-electron chi connectivity index (χ1n) is 3.20. The molecule has 11 heavy (non-hydrogen) atoms. The number of nitrogens with one attached hydrogen (secondary N) is 1. The number of hydrogen-bond acceptors (Lipinski definition) is 1. The van der Waals surface area contributed by atoms with E-state index in [1.165, 1.54) is 0 Å². The number of primary amides is 1. The second kappa shape index (κ2) is 3.01. The summed E-state index contributed by atoms with van der Waals surface area (Å²) in [6.45, 7) is 0. The molecule has 4 heteroatoms. The SMILES string of the molecule is C[n+]1cccc(NC(N)=O)c1. The summed E-state index contributed by atoms with van der Waals surface area (Å²) in [5.74, 6) is 0. The Kier molecular flexibility index (Phi) is 2.06. The molecule has 0 spiro atoms. The predicted molar refractivity (Wildman–Crippen MR) is 40.8 cm³/mol. The number of anilines is 1. The van der Waals surface area contributed by atoms with Crippen molar-refractivity contribution in [2.24, 2.45) is 12.8 Å². The van der Waals surface area contributed by atoms with Gasteiger partial charge in [-0.1, -0.05) is 0 Å². The number of aryl methyl sites for hydroxylation is 1. The van der Waals surface area contributed by atoms with E-state index in [9.17, 15) is 4.79 Å². The fraction of sp³-hybridized carbons (Fsp3) is 0.143. The number of rotatable bonds is 1. The summed E-state index contributed by atoms with van der Waals surface area (Å²) in [6.07, 6.45) is 3.64. The molecule has 4 nitrogen and oxygen atoms in total. The third-order valence-electron chi connectivity index (χ3n) is 1.21. The van der Waals surface area contributed by atoms with Gasteiger partial charge in [0.15, 0.2) is 12.4 Å². The molecular formula is C7H10N3O+. The number of nitrogens with zero attached hydrogens (tertiary/aromatic N) is 1. The Labute approximate surface area is 64.6 Å². The van der Waals surface area contributed by atoms with Crippen LogP contribution in [0.4, 0.5) is 10.5 Å². The van der Waals surface area contributed by atoms with Crippen molar-refractivity contribution < 1.29 is 9.36 Å². The van der Waals surface area contributed by atoms with Gasteiger partial charge in [0.25, 0.3) is 0 Å². The van der Waals surface area contributed by atoms with Crippen molar-refractivity contribution in [3.05, 3.63) is 24.5 Å². The van der Waals surface area contributed by atoms with E-state index in [4.69, 9.17) is 5.73 Å². The van der Waals surface area contributed by atoms with E-state index in [0.717, 1.165) is 0 Å². The molecule has 0 aliphatic rings. The molecule has 1 aromatic rings. The zero-order valence-electron chi connectivity index (χ0n) is 6.24. The highest BCUT2D eigenvalue weighted by Gasteiger charge is 1.98. The molecule has 0 aliphatic heterocycles. The highest BCUT2D eigenvalue weighted by molar-refractivity contribution is 5.87. The molecule has 0 aromatic carbocycles. The maximum Gasteiger partial charge on any atom is 0.316 e. The lowest BCUT2D eigenvalue weighted by Gasteiger charge is -1.96. The summed E-state index contributed by atoms with van der Waals surface area (Å²) < 4.78 is 1.82. The lowest BCUT2D eigenvalue weighted by molar-refractivity contribution is -0.670. The van der Waals surface area contributed by atoms with Gasteiger partial charge in [-0.15, -0.1) is 0 Å². The summed E-state index contributed by atoms with van der Waals surface area (Å²) in [6, 6.07) is 3.05. The molecule has 1 rings (SSSR count). The van der Waals surface area contributed by atoms with Crippen LogP contribution in [0.2, 0.25) is 0 Å². The normalized spacial score (nSPS) is 9.18. The third-order valence-corrected chi connectivity index (χ3v) is 1.21. The van der Waals surface area contributed by atoms with E-state index in [1.807, 2.05) is 23.9 Å². The van der Waals surface area contributed by atoms with Gasteiger partial charge in [0.1, 0.15) is 12.7 Å². The van der Waals surface area contributed by atoms with E-state index in [0.29, 0.717) is 5.69 Å². The molecule has 0 atom stereocenters. The number of carbonyl (C=O) groups is 1. The smallest absolute Gasteiger partial charge is 0.316 e. The lowest BCUT2D eigenvalue weighted by atomic mass is 10.4. The van der Waals surface area contributed by atoms with Gasteiger partial charge >= 0.3 is 6.03 Å². The second-order valence-electron chi connectivity index (χ2n) is 2.25. The topological polar surface area (TPSA) is 59.0 Å². The molecule has 58 valence electrons. The van der Waals surface area contributed by atoms with E-state index < -0.39 is 6.03 Å². The van der Waals surface area contributed by atoms with Gasteiger partial charge in [-0.05, 0) is 6.07 Å². The summed E-state index contributed by atoms with van der Waals surface area (Å²) >= 11 is 0. The van der Waals surface area contributed by atoms with Crippen LogP contribution in [0.25, 0.3) is 0 Å². The number of amides is 2. The van der Waals surface area contributed by atoms with Gasteiger partial charge in [0, 0.05) is 6.07 Å². The van der Waals surface area contributed by atoms with Crippen molar-refractivity contribution in [2.75, 3.05) is 5.32 Å². The number of nitrogens with two attached hydrogens (primary N) is 1. The van der Waals surface area contributed by atoms with Crippen LogP contribution in [0, 0.1) is 0 Å². The van der Waals surface area contributed by atoms with Crippen LogP contribution in [-0.2, 0) is 7.05 Å². The first kappa shape index (κ1) is 7.53. The molecule has 1 aromatic heterocycles. The van der Waals surface area contributed by atoms with Crippen LogP contribution >= 0.6 is 0 Å². The maximum atomic E-state index is 10.4. The molecule has 0 unspecified atom stereocenters. The van der Waals surface area contributed by atoms with Crippen molar-refractivity contribution in [1.82, 2.24) is 0 Å². The van der Waals surface area contributed by atoms with Crippen LogP contribution in [0.3, 0.4) is 0 Å². The Bertz CT molecular complexity index is 272. The number of aromatic nitrogens is 1. The first-order valence-corrected chi connectivity index (χ1v) is 3.20. The Morgan fingerprint density at radius 2 is 2.45 bits per heavy atom. The Hall–Kier alpha value is -1.58. The van der Waals surface area contributed by atoms with Crippen molar-refractivity contribution in [3.8, 4) is 0 Å². The van der Waals surface area contributed by atoms with E-state index in [-0.39, 0.29) is 0 Å². The van der Waals surface area contributed by atoms with Gasteiger partial charge in [0.2, 0.25) is 0 Å². The average molecular weight is 152 g/mol. The second-order valence-corrected chi connectivity index (χ2v) is 2.25. The van der Waals surface area contributed by atoms with Crippen molar-refractivity contribution >= 4 is 11.7 Å². The van der Waals surface area contributed by atoms with Crippen LogP contribution in [-0.4, -0.2) is 6.03 Å². The number of urea groups is 1. The average Bonchev–Trinajstić information content (AvgIpc) is 1.85. The quantitative estimate of drug-likeness (QED) is 0.547. The summed E-state index contributed by atoms with van der Waals surface area (Å²) in [7, 11) is 1.87. The Morgan fingerprint density at radius 3 is 3.00 bits per heavy atom. The minimum atomic E-state index is -0.545. The number of pyridine rings is 1. The molecule has 1 heterocycles. The molecule has 0 fully saturated rings. The molecule has 0 saturated heterocycles. The minimum Gasteiger partial charge on any atom is -0.351 e. The maximum absolute atomic E-state index is 10.4. The molecule has 3 N–H and O–H groups in total. The van der Waals surface area contributed by atoms with Gasteiger partial charge in [-0.3, -0.25) is 0 Å². The van der Waals surface area contributed by atoms with E-state index >= 15 is 0 Å². The van der Waals surface area contributed by atoms with Crippen LogP contribution in [0.5, 0.6) is 0 Å². The first-order chi connectivity index (χ1) is 5.18. The van der Waals surface area contributed by atoms with Gasteiger partial charge in [0.05, 0.1) is 0 Å². The Morgan fingerprint density at radius 1 is 1.73 bits per heavy atom. The molecule has 0 saturated carbocycles. The molecule has 2 amide bonds. The van der Waals surface area contributed by atoms with Gasteiger partial charge in [-0.2, -0.15) is 0 Å². The molecule has 0 bridgehead atoms. The number of carbonyl (C=O) groups excluding carboxylic acids is 1. The predicted octanol–water partition coefficient (Wildman–Crippen LogP) is 0.00170. The zero-order valence-corrected chi connectivity index (χ0v) is 6.24. The van der Waals surface area contributed by atoms with Crippen LogP contribution in [0.1, 0.15) is 0 Å². The molecule has 0 aliphatic carbocycles. The number of hydrogen-bond donors (Lipinski definition) is 2. The van der Waals surface area contributed by atoms with Crippen molar-refractivity contribution in [1.29, 1.82) is 0 Å². The third kappa shape index (κ3) is 2.25. The summed E-state index contributed by atoms with van der Waals surface area (Å²) in [5.41, 5.74) is 5.61. The van der Waals surface area contributed by atoms with E-state index in [1.54, 1.807) is 12.3 Å². The fourth-order valence-electron chi connectivity index (χ4n) is 0.804. The van der Waals surface area contributed by atoms with Crippen LogP contribution < -0.4 is 15.6 Å². The minimum absolute atomic E-state index is 0.545. The van der Waals surface area contributed by atoms with Crippen molar-refractivity contribution in [3.63, 3.8) is 0 Å². The highest BCUT2D eigenvalue weighted by Crippen LogP contribution is 1.99. The van der Waals surface area contributed by atoms with Crippen LogP contribution in [0.15, 0.2) is 24.5 Å². The monoisotopic (exact) mass is 152 g/mol. The zero-order chi connectivity index (χ0) is 8.27. The summed E-state index contributed by atoms with van der Waals surface area (Å²) in [5, 5.41) is 2.46. The van der Waals surface area contributed by atoms with Gasteiger partial charge in [-0.25, -0.2) is 9.36 Å². The van der Waals surface area contributed by atoms with E-state index in [2.05, 4.69) is 5.32 Å². The lowest BCUT2D eigenvalue weighted by Crippen LogP contribution is -2.28. The molecular weight excluding hydrogens is 142 g/mol. The molecule has 0 radical (unpaired) electrons. The highest BCUT2D eigenvalue weighted by atomic mass is 16.2. The van der Waals surface area contributed by atoms with Gasteiger partial charge < -0.3 is 11.1 Å². The fourth-order valence-corrected chi connectivity index (χ4v) is 0.804. The largest absolute Gasteiger partial charge is 0.351 e. The summed E-state index contributed by atoms with van der Waals surface area (Å²) in [4.78, 5) is 10.4.